The van der Waals surface area contributed by atoms with Crippen LogP contribution in [0.4, 0.5) is 0 Å². The Morgan fingerprint density at radius 3 is 1.79 bits per heavy atom. The van der Waals surface area contributed by atoms with Gasteiger partial charge in [0.1, 0.15) is 22.7 Å². The van der Waals surface area contributed by atoms with Crippen molar-refractivity contribution in [1.29, 1.82) is 0 Å². The molecular weight excluding hydrogens is 608 g/mol. The number of fused-ring (bicyclic) bond motifs is 2. The Labute approximate surface area is 277 Å². The van der Waals surface area contributed by atoms with Gasteiger partial charge in [-0.2, -0.15) is 20.2 Å². The van der Waals surface area contributed by atoms with Gasteiger partial charge in [0.2, 0.25) is 11.2 Å². The van der Waals surface area contributed by atoms with E-state index < -0.39 is 0 Å². The van der Waals surface area contributed by atoms with Crippen LogP contribution in [0.2, 0.25) is 0 Å². The number of hydrogen-bond acceptors (Lipinski definition) is 5. The van der Waals surface area contributed by atoms with Gasteiger partial charge < -0.3 is 23.0 Å². The summed E-state index contributed by atoms with van der Waals surface area (Å²) in [6.45, 7) is 9.60. The lowest BCUT2D eigenvalue weighted by Crippen LogP contribution is -2.27. The van der Waals surface area contributed by atoms with Crippen LogP contribution in [-0.2, 0) is 40.3 Å². The molecular formula is C35H40N10O3. The molecule has 6 aromatic rings. The van der Waals surface area contributed by atoms with Gasteiger partial charge in [-0.15, -0.1) is 0 Å². The van der Waals surface area contributed by atoms with Crippen molar-refractivity contribution in [3.8, 4) is 5.75 Å². The fourth-order valence-corrected chi connectivity index (χ4v) is 6.18. The van der Waals surface area contributed by atoms with E-state index >= 15 is 0 Å². The Kier molecular flexibility index (Phi) is 8.85. The van der Waals surface area contributed by atoms with Crippen LogP contribution in [0.3, 0.4) is 0 Å². The number of imidazole rings is 2. The van der Waals surface area contributed by atoms with Gasteiger partial charge in [0.15, 0.2) is 0 Å². The largest absolute Gasteiger partial charge is 0.494 e. The Morgan fingerprint density at radius 2 is 1.23 bits per heavy atom. The van der Waals surface area contributed by atoms with E-state index in [4.69, 9.17) is 4.74 Å². The fourth-order valence-electron chi connectivity index (χ4n) is 6.18. The van der Waals surface area contributed by atoms with Crippen LogP contribution in [0.5, 0.6) is 5.75 Å². The number of nitrogens with zero attached hydrogens (tertiary/aromatic N) is 10. The second-order valence-corrected chi connectivity index (χ2v) is 11.5. The van der Waals surface area contributed by atoms with Gasteiger partial charge in [-0.05, 0) is 64.1 Å². The summed E-state index contributed by atoms with van der Waals surface area (Å²) in [7, 11) is 5.43. The molecule has 2 amide bonds. The third-order valence-electron chi connectivity index (χ3n) is 8.43. The molecule has 4 aromatic heterocycles. The SMILES string of the molecule is CCn1nc(C)cc1C(=O)/N=c1\n(C)c2ccccc2n1C/C=C/Cn1/c(=N/C(=O)c2cc(C)nn2CC)n(C)c2cccc(OC)c21. The Hall–Kier alpha value is -5.72. The minimum absolute atomic E-state index is 0.352. The third kappa shape index (κ3) is 5.72. The van der Waals surface area contributed by atoms with Gasteiger partial charge in [0, 0.05) is 40.3 Å². The number of carbonyl (C=O) groups excluding carboxylic acids is 2. The number of aryl methyl sites for hydroxylation is 6. The molecule has 0 radical (unpaired) electrons. The zero-order valence-electron chi connectivity index (χ0n) is 28.4. The monoisotopic (exact) mass is 648 g/mol. The standard InChI is InChI=1S/C35H40N10O3/c1-8-44-28(21-23(3)38-44)32(46)36-34-40(5)25-15-10-11-16-26(25)42(34)19-12-13-20-43-31-27(17-14-18-30(31)48-7)41(6)35(43)37-33(47)29-22-24(4)39-45(29)9-2/h10-18,21-22H,8-9,19-20H2,1-7H3/b13-12+,36-34+,37-35+. The number of methoxy groups -OCH3 is 1. The lowest BCUT2D eigenvalue weighted by molar-refractivity contribution is 0.0977. The summed E-state index contributed by atoms with van der Waals surface area (Å²) in [6.07, 6.45) is 4.05. The van der Waals surface area contributed by atoms with Crippen LogP contribution in [0.15, 0.2) is 76.7 Å². The second kappa shape index (κ2) is 13.2. The summed E-state index contributed by atoms with van der Waals surface area (Å²) in [4.78, 5) is 36.1. The number of benzene rings is 2. The van der Waals surface area contributed by atoms with E-state index in [1.165, 1.54) is 0 Å². The number of rotatable bonds is 9. The molecule has 0 saturated heterocycles. The fraction of sp³-hybridized carbons (Fsp3) is 0.314. The second-order valence-electron chi connectivity index (χ2n) is 11.5. The summed E-state index contributed by atoms with van der Waals surface area (Å²) >= 11 is 0. The van der Waals surface area contributed by atoms with Gasteiger partial charge >= 0.3 is 0 Å². The average Bonchev–Trinajstić information content (AvgIpc) is 3.81. The van der Waals surface area contributed by atoms with Crippen molar-refractivity contribution in [3.05, 3.63) is 101 Å². The quantitative estimate of drug-likeness (QED) is 0.219. The normalized spacial score (nSPS) is 12.7. The molecule has 0 spiro atoms. The lowest BCUT2D eigenvalue weighted by atomic mass is 10.3. The molecule has 13 heteroatoms. The maximum Gasteiger partial charge on any atom is 0.298 e. The smallest absolute Gasteiger partial charge is 0.298 e. The van der Waals surface area contributed by atoms with Crippen LogP contribution in [-0.4, -0.2) is 56.8 Å². The molecule has 0 aliphatic heterocycles. The van der Waals surface area contributed by atoms with E-state index in [1.54, 1.807) is 28.6 Å². The van der Waals surface area contributed by atoms with Gasteiger partial charge in [-0.1, -0.05) is 30.4 Å². The van der Waals surface area contributed by atoms with E-state index in [9.17, 15) is 9.59 Å². The maximum atomic E-state index is 13.5. The highest BCUT2D eigenvalue weighted by Gasteiger charge is 2.18. The molecule has 0 bridgehead atoms. The number of allylic oxidation sites excluding steroid dienone is 2. The van der Waals surface area contributed by atoms with Crippen LogP contribution < -0.4 is 16.0 Å². The predicted molar refractivity (Wildman–Crippen MR) is 183 cm³/mol. The summed E-state index contributed by atoms with van der Waals surface area (Å²) in [5.41, 5.74) is 7.01. The summed E-state index contributed by atoms with van der Waals surface area (Å²) in [6, 6.07) is 17.3. The van der Waals surface area contributed by atoms with Crippen LogP contribution >= 0.6 is 0 Å². The van der Waals surface area contributed by atoms with Crippen molar-refractivity contribution in [3.63, 3.8) is 0 Å². The van der Waals surface area contributed by atoms with Crippen LogP contribution in [0.25, 0.3) is 22.1 Å². The zero-order valence-corrected chi connectivity index (χ0v) is 28.4. The maximum absolute atomic E-state index is 13.5. The molecule has 0 aliphatic carbocycles. The van der Waals surface area contributed by atoms with E-state index in [0.29, 0.717) is 54.6 Å². The number of aromatic nitrogens is 8. The van der Waals surface area contributed by atoms with Crippen molar-refractivity contribution < 1.29 is 14.3 Å². The highest BCUT2D eigenvalue weighted by Crippen LogP contribution is 2.24. The summed E-state index contributed by atoms with van der Waals surface area (Å²) in [5.74, 6) is -0.0543. The molecule has 48 heavy (non-hydrogen) atoms. The minimum Gasteiger partial charge on any atom is -0.494 e. The molecule has 0 atom stereocenters. The van der Waals surface area contributed by atoms with E-state index in [2.05, 4.69) is 20.2 Å². The summed E-state index contributed by atoms with van der Waals surface area (Å²) in [5, 5.41) is 8.85. The van der Waals surface area contributed by atoms with Crippen molar-refractivity contribution in [2.75, 3.05) is 7.11 Å². The first-order valence-corrected chi connectivity index (χ1v) is 15.9. The Morgan fingerprint density at radius 1 is 0.729 bits per heavy atom. The molecule has 4 heterocycles. The first-order valence-electron chi connectivity index (χ1n) is 15.9. The van der Waals surface area contributed by atoms with Crippen molar-refractivity contribution in [2.45, 2.75) is 53.9 Å². The van der Waals surface area contributed by atoms with Gasteiger partial charge in [-0.3, -0.25) is 19.0 Å². The van der Waals surface area contributed by atoms with Crippen molar-refractivity contribution in [1.82, 2.24) is 37.8 Å². The lowest BCUT2D eigenvalue weighted by Gasteiger charge is -2.06. The molecule has 2 aromatic carbocycles. The third-order valence-corrected chi connectivity index (χ3v) is 8.43. The van der Waals surface area contributed by atoms with Crippen molar-refractivity contribution in [2.24, 2.45) is 24.1 Å². The summed E-state index contributed by atoms with van der Waals surface area (Å²) < 4.78 is 16.9. The van der Waals surface area contributed by atoms with Gasteiger partial charge in [0.25, 0.3) is 11.8 Å². The average molecular weight is 649 g/mol. The van der Waals surface area contributed by atoms with Gasteiger partial charge in [-0.25, -0.2) is 0 Å². The Bertz CT molecular complexity index is 2350. The topological polar surface area (TPSA) is 123 Å². The molecule has 0 unspecified atom stereocenters. The zero-order chi connectivity index (χ0) is 34.1. The number of ether oxygens (including phenoxy) is 1. The molecule has 0 aliphatic rings. The highest BCUT2D eigenvalue weighted by atomic mass is 16.5. The number of hydrogen-bond donors (Lipinski definition) is 0. The molecule has 13 nitrogen and oxygen atoms in total. The first-order chi connectivity index (χ1) is 23.2. The number of carbonyl (C=O) groups is 2. The number of amides is 2. The molecule has 248 valence electrons. The molecule has 0 fully saturated rings. The van der Waals surface area contributed by atoms with Crippen LogP contribution in [0.1, 0.15) is 46.2 Å². The first kappa shape index (κ1) is 32.2. The minimum atomic E-state index is -0.373. The van der Waals surface area contributed by atoms with E-state index in [-0.39, 0.29) is 11.8 Å². The van der Waals surface area contributed by atoms with E-state index in [0.717, 1.165) is 33.5 Å². The van der Waals surface area contributed by atoms with Crippen LogP contribution in [0, 0.1) is 13.8 Å². The predicted octanol–water partition coefficient (Wildman–Crippen LogP) is 4.07. The highest BCUT2D eigenvalue weighted by molar-refractivity contribution is 5.94. The molecule has 6 rings (SSSR count). The van der Waals surface area contributed by atoms with Gasteiger partial charge in [0.05, 0.1) is 35.0 Å². The Balaban J connectivity index is 1.41. The van der Waals surface area contributed by atoms with E-state index in [1.807, 2.05) is 115 Å². The van der Waals surface area contributed by atoms with Crippen molar-refractivity contribution >= 4 is 33.9 Å². The molecule has 0 N–H and O–H groups in total. The molecule has 0 saturated carbocycles. The number of para-hydroxylation sites is 3.